The molecule has 3 aromatic rings. The predicted octanol–water partition coefficient (Wildman–Crippen LogP) is 3.38. The van der Waals surface area contributed by atoms with Gasteiger partial charge in [0.05, 0.1) is 6.04 Å². The van der Waals surface area contributed by atoms with Crippen molar-refractivity contribution in [3.05, 3.63) is 57.3 Å². The molecule has 0 amide bonds. The Balaban J connectivity index is 1.68. The van der Waals surface area contributed by atoms with Crippen LogP contribution in [-0.4, -0.2) is 38.6 Å². The number of aromatic nitrogens is 3. The van der Waals surface area contributed by atoms with Crippen molar-refractivity contribution < 1.29 is 13.2 Å². The van der Waals surface area contributed by atoms with E-state index in [1.807, 2.05) is 13.8 Å². The van der Waals surface area contributed by atoms with Crippen molar-refractivity contribution in [3.63, 3.8) is 0 Å². The lowest BCUT2D eigenvalue weighted by Gasteiger charge is -2.28. The van der Waals surface area contributed by atoms with E-state index < -0.39 is 17.5 Å². The van der Waals surface area contributed by atoms with Gasteiger partial charge < -0.3 is 5.32 Å². The normalized spacial score (nSPS) is 19.9. The summed E-state index contributed by atoms with van der Waals surface area (Å²) >= 11 is 1.25. The maximum atomic E-state index is 13.8. The van der Waals surface area contributed by atoms with Crippen LogP contribution in [0.3, 0.4) is 0 Å². The summed E-state index contributed by atoms with van der Waals surface area (Å²) in [5.41, 5.74) is 0.804. The highest BCUT2D eigenvalue weighted by Crippen LogP contribution is 2.35. The first kappa shape index (κ1) is 19.8. The van der Waals surface area contributed by atoms with Gasteiger partial charge in [-0.1, -0.05) is 25.2 Å². The number of nitrogens with one attached hydrogen (secondary N) is 1. The van der Waals surface area contributed by atoms with E-state index in [-0.39, 0.29) is 17.6 Å². The Morgan fingerprint density at radius 1 is 1.21 bits per heavy atom. The molecule has 0 aliphatic carbocycles. The Bertz CT molecular complexity index is 1090. The molecular formula is C19H20F3N5OS. The average molecular weight is 423 g/mol. The van der Waals surface area contributed by atoms with E-state index in [0.29, 0.717) is 47.3 Å². The zero-order chi connectivity index (χ0) is 20.7. The third-order valence-corrected chi connectivity index (χ3v) is 6.06. The number of halogens is 3. The Labute approximate surface area is 169 Å². The molecule has 10 heteroatoms. The number of rotatable bonds is 5. The van der Waals surface area contributed by atoms with Gasteiger partial charge in [-0.05, 0) is 37.1 Å². The topological polar surface area (TPSA) is 62.5 Å². The molecular weight excluding hydrogens is 403 g/mol. The molecule has 6 nitrogen and oxygen atoms in total. The molecule has 0 spiro atoms. The third kappa shape index (κ3) is 3.62. The molecule has 29 heavy (non-hydrogen) atoms. The number of hydrogen-bond donors (Lipinski definition) is 1. The molecule has 0 bridgehead atoms. The summed E-state index contributed by atoms with van der Waals surface area (Å²) in [5, 5.41) is 8.09. The number of fused-ring (bicyclic) bond motifs is 1. The van der Waals surface area contributed by atoms with E-state index in [4.69, 9.17) is 0 Å². The van der Waals surface area contributed by atoms with Crippen molar-refractivity contribution in [1.82, 2.24) is 19.5 Å². The van der Waals surface area contributed by atoms with E-state index in [1.165, 1.54) is 21.9 Å². The number of anilines is 1. The van der Waals surface area contributed by atoms with E-state index in [2.05, 4.69) is 20.3 Å². The lowest BCUT2D eigenvalue weighted by molar-refractivity contribution is 0.263. The molecule has 1 aliphatic rings. The van der Waals surface area contributed by atoms with Gasteiger partial charge in [-0.25, -0.2) is 18.2 Å². The summed E-state index contributed by atoms with van der Waals surface area (Å²) in [7, 11) is 0. The molecule has 3 heterocycles. The molecule has 2 aromatic heterocycles. The van der Waals surface area contributed by atoms with Crippen molar-refractivity contribution in [3.8, 4) is 0 Å². The summed E-state index contributed by atoms with van der Waals surface area (Å²) in [5.74, 6) is -3.88. The maximum absolute atomic E-state index is 13.8. The van der Waals surface area contributed by atoms with Crippen LogP contribution in [0, 0.1) is 17.5 Å². The van der Waals surface area contributed by atoms with Crippen molar-refractivity contribution in [2.45, 2.75) is 38.8 Å². The van der Waals surface area contributed by atoms with Crippen LogP contribution in [0.15, 0.2) is 23.0 Å². The quantitative estimate of drug-likeness (QED) is 0.638. The van der Waals surface area contributed by atoms with Crippen LogP contribution < -0.4 is 10.9 Å². The second-order valence-electron chi connectivity index (χ2n) is 6.95. The minimum atomic E-state index is -1.47. The maximum Gasteiger partial charge on any atom is 0.275 e. The highest BCUT2D eigenvalue weighted by molar-refractivity contribution is 7.20. The van der Waals surface area contributed by atoms with Gasteiger partial charge in [0.2, 0.25) is 10.1 Å². The first-order valence-corrected chi connectivity index (χ1v) is 10.3. The molecule has 1 N–H and O–H groups in total. The first-order valence-electron chi connectivity index (χ1n) is 9.46. The molecule has 0 saturated carbocycles. The smallest absolute Gasteiger partial charge is 0.275 e. The molecule has 2 atom stereocenters. The van der Waals surface area contributed by atoms with Crippen LogP contribution in [0.2, 0.25) is 0 Å². The summed E-state index contributed by atoms with van der Waals surface area (Å²) < 4.78 is 42.3. The van der Waals surface area contributed by atoms with Crippen molar-refractivity contribution in [1.29, 1.82) is 0 Å². The van der Waals surface area contributed by atoms with Gasteiger partial charge in [-0.15, -0.1) is 5.10 Å². The Morgan fingerprint density at radius 3 is 2.59 bits per heavy atom. The first-order chi connectivity index (χ1) is 13.9. The highest BCUT2D eigenvalue weighted by atomic mass is 32.1. The van der Waals surface area contributed by atoms with Gasteiger partial charge in [-0.3, -0.25) is 9.69 Å². The lowest BCUT2D eigenvalue weighted by Crippen LogP contribution is -2.31. The Hall–Kier alpha value is -2.46. The minimum absolute atomic E-state index is 0.207. The highest BCUT2D eigenvalue weighted by Gasteiger charge is 2.36. The zero-order valence-electron chi connectivity index (χ0n) is 16.0. The minimum Gasteiger partial charge on any atom is -0.355 e. The predicted molar refractivity (Wildman–Crippen MR) is 105 cm³/mol. The SMILES string of the molecule is CCc1cc(=O)n2nc(NC3CCN(CC)C3c3cc(F)c(F)c(F)c3)sc2n1. The molecule has 1 saturated heterocycles. The van der Waals surface area contributed by atoms with Crippen molar-refractivity contribution >= 4 is 21.4 Å². The van der Waals surface area contributed by atoms with Crippen LogP contribution in [0.4, 0.5) is 18.3 Å². The van der Waals surface area contributed by atoms with Crippen LogP contribution >= 0.6 is 11.3 Å². The number of hydrogen-bond acceptors (Lipinski definition) is 6. The lowest BCUT2D eigenvalue weighted by atomic mass is 9.99. The van der Waals surface area contributed by atoms with E-state index in [0.717, 1.165) is 12.1 Å². The van der Waals surface area contributed by atoms with Crippen LogP contribution in [0.25, 0.3) is 4.96 Å². The van der Waals surface area contributed by atoms with Crippen LogP contribution in [0.5, 0.6) is 0 Å². The van der Waals surface area contributed by atoms with E-state index in [9.17, 15) is 18.0 Å². The fourth-order valence-corrected chi connectivity index (χ4v) is 4.69. The van der Waals surface area contributed by atoms with Gasteiger partial charge in [0.25, 0.3) is 5.56 Å². The van der Waals surface area contributed by atoms with Crippen LogP contribution in [-0.2, 0) is 6.42 Å². The number of nitrogens with zero attached hydrogens (tertiary/aromatic N) is 4. The average Bonchev–Trinajstić information content (AvgIpc) is 3.29. The summed E-state index contributed by atoms with van der Waals surface area (Å²) in [6.45, 7) is 5.26. The standard InChI is InChI=1S/C19H20F3N5OS/c1-3-11-9-15(28)27-19(23-11)29-18(25-27)24-14-5-6-26(4-2)17(14)10-7-12(20)16(22)13(21)8-10/h7-9,14,17H,3-6H2,1-2H3,(H,24,25). The number of likely N-dealkylation sites (N-methyl/N-ethyl adjacent to an activating group) is 1. The van der Waals surface area contributed by atoms with Crippen LogP contribution in [0.1, 0.15) is 37.6 Å². The van der Waals surface area contributed by atoms with Gasteiger partial charge in [0, 0.05) is 24.3 Å². The number of benzene rings is 1. The second kappa shape index (κ2) is 7.75. The molecule has 4 rings (SSSR count). The number of likely N-dealkylation sites (tertiary alicyclic amines) is 1. The molecule has 1 fully saturated rings. The Kier molecular flexibility index (Phi) is 5.30. The fourth-order valence-electron chi connectivity index (χ4n) is 3.81. The van der Waals surface area contributed by atoms with Gasteiger partial charge in [0.15, 0.2) is 17.5 Å². The van der Waals surface area contributed by atoms with Crippen molar-refractivity contribution in [2.75, 3.05) is 18.4 Å². The monoisotopic (exact) mass is 423 g/mol. The van der Waals surface area contributed by atoms with E-state index in [1.54, 1.807) is 0 Å². The second-order valence-corrected chi connectivity index (χ2v) is 7.91. The third-order valence-electron chi connectivity index (χ3n) is 5.22. The molecule has 0 radical (unpaired) electrons. The summed E-state index contributed by atoms with van der Waals surface area (Å²) in [6.07, 6.45) is 1.35. The summed E-state index contributed by atoms with van der Waals surface area (Å²) in [6, 6.07) is 2.99. The van der Waals surface area contributed by atoms with E-state index >= 15 is 0 Å². The van der Waals surface area contributed by atoms with Gasteiger partial charge in [0.1, 0.15) is 0 Å². The Morgan fingerprint density at radius 2 is 1.93 bits per heavy atom. The zero-order valence-corrected chi connectivity index (χ0v) is 16.8. The van der Waals surface area contributed by atoms with Crippen molar-refractivity contribution in [2.24, 2.45) is 0 Å². The fraction of sp³-hybridized carbons (Fsp3) is 0.421. The largest absolute Gasteiger partial charge is 0.355 e. The van der Waals surface area contributed by atoms with Gasteiger partial charge in [-0.2, -0.15) is 4.52 Å². The van der Waals surface area contributed by atoms with Gasteiger partial charge >= 0.3 is 0 Å². The molecule has 2 unspecified atom stereocenters. The molecule has 1 aromatic carbocycles. The number of aryl methyl sites for hydroxylation is 1. The molecule has 154 valence electrons. The molecule has 1 aliphatic heterocycles. The summed E-state index contributed by atoms with van der Waals surface area (Å²) in [4.78, 5) is 19.2.